The van der Waals surface area contributed by atoms with Crippen molar-refractivity contribution < 1.29 is 4.79 Å². The smallest absolute Gasteiger partial charge is 0.252 e. The SMILES string of the molecule is CCC(NC(=O)c1cc(Cl)nc(Cl)c1)c1ncc[nH]1. The summed E-state index contributed by atoms with van der Waals surface area (Å²) in [6.45, 7) is 1.96. The van der Waals surface area contributed by atoms with Gasteiger partial charge in [-0.05, 0) is 18.6 Å². The lowest BCUT2D eigenvalue weighted by molar-refractivity contribution is 0.0933. The summed E-state index contributed by atoms with van der Waals surface area (Å²) in [5, 5.41) is 3.23. The van der Waals surface area contributed by atoms with E-state index in [1.807, 2.05) is 6.92 Å². The highest BCUT2D eigenvalue weighted by molar-refractivity contribution is 6.33. The molecule has 0 radical (unpaired) electrons. The van der Waals surface area contributed by atoms with Crippen LogP contribution in [0.1, 0.15) is 35.6 Å². The molecule has 0 saturated heterocycles. The van der Waals surface area contributed by atoms with Crippen molar-refractivity contribution in [3.8, 4) is 0 Å². The van der Waals surface area contributed by atoms with Gasteiger partial charge < -0.3 is 10.3 Å². The van der Waals surface area contributed by atoms with Crippen molar-refractivity contribution in [3.63, 3.8) is 0 Å². The number of aromatic amines is 1. The van der Waals surface area contributed by atoms with E-state index in [4.69, 9.17) is 23.2 Å². The summed E-state index contributed by atoms with van der Waals surface area (Å²) in [4.78, 5) is 23.0. The molecule has 1 amide bonds. The average Bonchev–Trinajstić information content (AvgIpc) is 2.88. The molecule has 2 rings (SSSR count). The molecule has 0 saturated carbocycles. The number of nitrogens with zero attached hydrogens (tertiary/aromatic N) is 2. The standard InChI is InChI=1S/C12H12Cl2N4O/c1-2-8(11-15-3-4-16-11)17-12(19)7-5-9(13)18-10(14)6-7/h3-6,8H,2H2,1H3,(H,15,16)(H,17,19). The van der Waals surface area contributed by atoms with Crippen molar-refractivity contribution in [1.29, 1.82) is 0 Å². The van der Waals surface area contributed by atoms with Crippen molar-refractivity contribution in [2.75, 3.05) is 0 Å². The predicted molar refractivity (Wildman–Crippen MR) is 73.3 cm³/mol. The van der Waals surface area contributed by atoms with Gasteiger partial charge in [0.1, 0.15) is 16.1 Å². The van der Waals surface area contributed by atoms with Gasteiger partial charge in [0.15, 0.2) is 0 Å². The van der Waals surface area contributed by atoms with E-state index in [1.165, 1.54) is 12.1 Å². The number of hydrogen-bond donors (Lipinski definition) is 2. The highest BCUT2D eigenvalue weighted by Crippen LogP contribution is 2.17. The van der Waals surface area contributed by atoms with E-state index in [0.29, 0.717) is 17.8 Å². The second-order valence-electron chi connectivity index (χ2n) is 3.91. The minimum absolute atomic E-state index is 0.184. The van der Waals surface area contributed by atoms with Crippen molar-refractivity contribution in [3.05, 3.63) is 46.2 Å². The molecule has 5 nitrogen and oxygen atoms in total. The lowest BCUT2D eigenvalue weighted by Crippen LogP contribution is -2.29. The van der Waals surface area contributed by atoms with Gasteiger partial charge in [-0.3, -0.25) is 4.79 Å². The van der Waals surface area contributed by atoms with Gasteiger partial charge in [0.2, 0.25) is 0 Å². The Balaban J connectivity index is 2.15. The van der Waals surface area contributed by atoms with Crippen LogP contribution < -0.4 is 5.32 Å². The normalized spacial score (nSPS) is 12.2. The summed E-state index contributed by atoms with van der Waals surface area (Å²) < 4.78 is 0. The van der Waals surface area contributed by atoms with Gasteiger partial charge in [-0.2, -0.15) is 0 Å². The molecule has 0 fully saturated rings. The Labute approximate surface area is 120 Å². The largest absolute Gasteiger partial charge is 0.347 e. The Morgan fingerprint density at radius 1 is 1.42 bits per heavy atom. The number of nitrogens with one attached hydrogen (secondary N) is 2. The Morgan fingerprint density at radius 3 is 2.63 bits per heavy atom. The molecule has 1 atom stereocenters. The number of halogens is 2. The molecule has 2 aromatic heterocycles. The van der Waals surface area contributed by atoms with Gasteiger partial charge in [0, 0.05) is 18.0 Å². The van der Waals surface area contributed by atoms with Crippen LogP contribution in [-0.4, -0.2) is 20.9 Å². The Bertz CT molecular complexity index is 551. The third-order valence-corrected chi connectivity index (χ3v) is 2.98. The molecule has 0 spiro atoms. The van der Waals surface area contributed by atoms with E-state index in [-0.39, 0.29) is 22.3 Å². The summed E-state index contributed by atoms with van der Waals surface area (Å²) in [6.07, 6.45) is 4.07. The van der Waals surface area contributed by atoms with Crippen LogP contribution in [0.25, 0.3) is 0 Å². The summed E-state index contributed by atoms with van der Waals surface area (Å²) in [7, 11) is 0. The molecule has 100 valence electrons. The van der Waals surface area contributed by atoms with E-state index in [2.05, 4.69) is 20.3 Å². The molecule has 0 bridgehead atoms. The second kappa shape index (κ2) is 6.04. The van der Waals surface area contributed by atoms with Crippen LogP contribution in [0.2, 0.25) is 10.3 Å². The number of amides is 1. The number of imidazole rings is 1. The summed E-state index contributed by atoms with van der Waals surface area (Å²) in [6, 6.07) is 2.75. The van der Waals surface area contributed by atoms with Crippen LogP contribution in [0.3, 0.4) is 0 Å². The summed E-state index contributed by atoms with van der Waals surface area (Å²) in [5.41, 5.74) is 0.370. The van der Waals surface area contributed by atoms with Gasteiger partial charge in [-0.15, -0.1) is 0 Å². The fourth-order valence-corrected chi connectivity index (χ4v) is 2.13. The fourth-order valence-electron chi connectivity index (χ4n) is 1.67. The molecule has 2 heterocycles. The van der Waals surface area contributed by atoms with E-state index < -0.39 is 0 Å². The zero-order valence-electron chi connectivity index (χ0n) is 10.2. The number of aromatic nitrogens is 3. The first-order valence-electron chi connectivity index (χ1n) is 5.73. The number of H-pyrrole nitrogens is 1. The molecule has 1 unspecified atom stereocenters. The number of pyridine rings is 1. The van der Waals surface area contributed by atoms with Crippen LogP contribution in [0.15, 0.2) is 24.5 Å². The zero-order valence-corrected chi connectivity index (χ0v) is 11.7. The predicted octanol–water partition coefficient (Wildman–Crippen LogP) is 2.99. The third kappa shape index (κ3) is 3.45. The summed E-state index contributed by atoms with van der Waals surface area (Å²) >= 11 is 11.5. The molecule has 2 N–H and O–H groups in total. The molecular formula is C12H12Cl2N4O. The molecule has 0 aliphatic carbocycles. The molecule has 0 aliphatic heterocycles. The first-order chi connectivity index (χ1) is 9.10. The number of carbonyl (C=O) groups excluding carboxylic acids is 1. The van der Waals surface area contributed by atoms with Gasteiger partial charge >= 0.3 is 0 Å². The van der Waals surface area contributed by atoms with Gasteiger partial charge in [0.05, 0.1) is 6.04 Å². The van der Waals surface area contributed by atoms with Gasteiger partial charge in [-0.25, -0.2) is 9.97 Å². The van der Waals surface area contributed by atoms with E-state index in [1.54, 1.807) is 12.4 Å². The van der Waals surface area contributed by atoms with Crippen LogP contribution in [-0.2, 0) is 0 Å². The Hall–Kier alpha value is -1.59. The molecule has 0 aromatic carbocycles. The quantitative estimate of drug-likeness (QED) is 0.853. The first kappa shape index (κ1) is 13.8. The lowest BCUT2D eigenvalue weighted by Gasteiger charge is -2.14. The van der Waals surface area contributed by atoms with Crippen molar-refractivity contribution in [2.45, 2.75) is 19.4 Å². The lowest BCUT2D eigenvalue weighted by atomic mass is 10.2. The van der Waals surface area contributed by atoms with Crippen LogP contribution >= 0.6 is 23.2 Å². The van der Waals surface area contributed by atoms with Gasteiger partial charge in [0.25, 0.3) is 5.91 Å². The maximum Gasteiger partial charge on any atom is 0.252 e. The van der Waals surface area contributed by atoms with Crippen LogP contribution in [0.5, 0.6) is 0 Å². The topological polar surface area (TPSA) is 70.7 Å². The van der Waals surface area contributed by atoms with Gasteiger partial charge in [-0.1, -0.05) is 30.1 Å². The first-order valence-corrected chi connectivity index (χ1v) is 6.49. The summed E-state index contributed by atoms with van der Waals surface area (Å²) in [5.74, 6) is 0.441. The minimum atomic E-state index is -0.269. The minimum Gasteiger partial charge on any atom is -0.347 e. The molecule has 19 heavy (non-hydrogen) atoms. The fraction of sp³-hybridized carbons (Fsp3) is 0.250. The van der Waals surface area contributed by atoms with E-state index in [0.717, 1.165) is 0 Å². The van der Waals surface area contributed by atoms with E-state index >= 15 is 0 Å². The second-order valence-corrected chi connectivity index (χ2v) is 4.68. The van der Waals surface area contributed by atoms with Crippen molar-refractivity contribution in [2.24, 2.45) is 0 Å². The molecule has 7 heteroatoms. The number of rotatable bonds is 4. The maximum absolute atomic E-state index is 12.1. The van der Waals surface area contributed by atoms with Crippen molar-refractivity contribution >= 4 is 29.1 Å². The highest BCUT2D eigenvalue weighted by atomic mass is 35.5. The number of hydrogen-bond acceptors (Lipinski definition) is 3. The van der Waals surface area contributed by atoms with Crippen LogP contribution in [0, 0.1) is 0 Å². The Kier molecular flexibility index (Phi) is 4.39. The van der Waals surface area contributed by atoms with Crippen LogP contribution in [0.4, 0.5) is 0 Å². The molecule has 0 aliphatic rings. The maximum atomic E-state index is 12.1. The van der Waals surface area contributed by atoms with Crippen molar-refractivity contribution in [1.82, 2.24) is 20.3 Å². The average molecular weight is 299 g/mol. The monoisotopic (exact) mass is 298 g/mol. The molecule has 2 aromatic rings. The highest BCUT2D eigenvalue weighted by Gasteiger charge is 2.16. The zero-order chi connectivity index (χ0) is 13.8. The van der Waals surface area contributed by atoms with E-state index in [9.17, 15) is 4.79 Å². The Morgan fingerprint density at radius 2 is 2.11 bits per heavy atom. The number of carbonyl (C=O) groups is 1. The third-order valence-electron chi connectivity index (χ3n) is 2.59. The molecular weight excluding hydrogens is 287 g/mol.